The normalized spacial score (nSPS) is 29.5. The second kappa shape index (κ2) is 12.4. The van der Waals surface area contributed by atoms with Gasteiger partial charge in [0.15, 0.2) is 0 Å². The Morgan fingerprint density at radius 1 is 1.32 bits per heavy atom. The largest absolute Gasteiger partial charge is 0.392 e. The van der Waals surface area contributed by atoms with Gasteiger partial charge in [0.25, 0.3) is 0 Å². The highest BCUT2D eigenvalue weighted by molar-refractivity contribution is 7.99. The first-order chi connectivity index (χ1) is 13.4. The number of aliphatic hydroxyl groups is 2. The van der Waals surface area contributed by atoms with Gasteiger partial charge in [-0.2, -0.15) is 11.8 Å². The molecule has 0 aromatic carbocycles. The van der Waals surface area contributed by atoms with Crippen molar-refractivity contribution < 1.29 is 10.2 Å². The van der Waals surface area contributed by atoms with Gasteiger partial charge in [-0.1, -0.05) is 56.9 Å². The third-order valence-corrected chi connectivity index (χ3v) is 7.41. The van der Waals surface area contributed by atoms with E-state index in [4.69, 9.17) is 0 Å². The first kappa shape index (κ1) is 24.0. The van der Waals surface area contributed by atoms with Crippen LogP contribution in [0, 0.1) is 23.7 Å². The van der Waals surface area contributed by atoms with Crippen molar-refractivity contribution in [3.05, 3.63) is 23.8 Å². The summed E-state index contributed by atoms with van der Waals surface area (Å²) in [7, 11) is 4.26. The highest BCUT2D eigenvalue weighted by atomic mass is 32.2. The van der Waals surface area contributed by atoms with Crippen LogP contribution in [-0.2, 0) is 0 Å². The third kappa shape index (κ3) is 7.85. The summed E-state index contributed by atoms with van der Waals surface area (Å²) >= 11 is 2.04. The number of rotatable bonds is 13. The number of nitrogens with zero attached hydrogens (tertiary/aromatic N) is 1. The van der Waals surface area contributed by atoms with Crippen molar-refractivity contribution in [3.63, 3.8) is 0 Å². The summed E-state index contributed by atoms with van der Waals surface area (Å²) in [5.74, 6) is 4.25. The Morgan fingerprint density at radius 3 is 2.82 bits per heavy atom. The van der Waals surface area contributed by atoms with Crippen LogP contribution in [0.15, 0.2) is 23.8 Å². The molecule has 2 aliphatic rings. The lowest BCUT2D eigenvalue weighted by atomic mass is 9.88. The van der Waals surface area contributed by atoms with Crippen LogP contribution in [0.1, 0.15) is 58.8 Å². The second-order valence-electron chi connectivity index (χ2n) is 9.34. The second-order valence-corrected chi connectivity index (χ2v) is 10.6. The van der Waals surface area contributed by atoms with Gasteiger partial charge in [0, 0.05) is 18.2 Å². The molecule has 0 spiro atoms. The Labute approximate surface area is 177 Å². The Hall–Kier alpha value is -0.290. The van der Waals surface area contributed by atoms with Crippen molar-refractivity contribution in [2.24, 2.45) is 23.7 Å². The number of hydrogen-bond donors (Lipinski definition) is 2. The first-order valence-corrected chi connectivity index (χ1v) is 12.5. The van der Waals surface area contributed by atoms with E-state index in [0.717, 1.165) is 25.8 Å². The Bertz CT molecular complexity index is 505. The van der Waals surface area contributed by atoms with Crippen molar-refractivity contribution >= 4 is 11.8 Å². The number of fused-ring (bicyclic) bond motifs is 1. The molecular formula is C24H43NO2S. The molecule has 6 atom stereocenters. The van der Waals surface area contributed by atoms with Crippen molar-refractivity contribution in [2.75, 3.05) is 32.1 Å². The standard InChI is InChI=1S/C24H43NO2S/c1-5-6-7-18(2)14-21(26)8-9-22-23-16-19(15-20(23)17-24(22)27)10-12-28-13-11-25(3)4/h8-9,15,18,20-24,26-27H,5-7,10-14,16-17H2,1-4H3/t18-,20-,21+,22+,23-,24+/m0/s1. The molecule has 28 heavy (non-hydrogen) atoms. The maximum absolute atomic E-state index is 10.5. The number of unbranched alkanes of at least 4 members (excludes halogenated alkanes) is 1. The van der Waals surface area contributed by atoms with Crippen molar-refractivity contribution in [3.8, 4) is 0 Å². The molecule has 2 N–H and O–H groups in total. The zero-order valence-electron chi connectivity index (χ0n) is 18.5. The van der Waals surface area contributed by atoms with Gasteiger partial charge in [0.1, 0.15) is 0 Å². The predicted molar refractivity (Wildman–Crippen MR) is 123 cm³/mol. The summed E-state index contributed by atoms with van der Waals surface area (Å²) in [5.41, 5.74) is 1.59. The van der Waals surface area contributed by atoms with Crippen LogP contribution in [0.2, 0.25) is 0 Å². The molecular weight excluding hydrogens is 366 g/mol. The lowest BCUT2D eigenvalue weighted by Gasteiger charge is -2.19. The molecule has 1 saturated carbocycles. The number of hydrogen-bond acceptors (Lipinski definition) is 4. The van der Waals surface area contributed by atoms with E-state index in [1.54, 1.807) is 5.57 Å². The van der Waals surface area contributed by atoms with Gasteiger partial charge in [0.05, 0.1) is 12.2 Å². The first-order valence-electron chi connectivity index (χ1n) is 11.4. The minimum absolute atomic E-state index is 0.209. The van der Waals surface area contributed by atoms with Gasteiger partial charge in [0.2, 0.25) is 0 Å². The molecule has 4 heteroatoms. The quantitative estimate of drug-likeness (QED) is 0.340. The summed E-state index contributed by atoms with van der Waals surface area (Å²) in [6.07, 6.45) is 13.6. The van der Waals surface area contributed by atoms with E-state index in [0.29, 0.717) is 17.8 Å². The molecule has 0 heterocycles. The topological polar surface area (TPSA) is 43.7 Å². The summed E-state index contributed by atoms with van der Waals surface area (Å²) in [4.78, 5) is 2.24. The molecule has 2 aliphatic carbocycles. The monoisotopic (exact) mass is 409 g/mol. The van der Waals surface area contributed by atoms with Gasteiger partial charge < -0.3 is 15.1 Å². The fourth-order valence-electron chi connectivity index (χ4n) is 4.76. The Kier molecular flexibility index (Phi) is 10.6. The molecule has 3 nitrogen and oxygen atoms in total. The van der Waals surface area contributed by atoms with Gasteiger partial charge in [-0.15, -0.1) is 0 Å². The van der Waals surface area contributed by atoms with E-state index in [9.17, 15) is 10.2 Å². The average Bonchev–Trinajstić information content (AvgIpc) is 3.14. The Balaban J connectivity index is 1.75. The lowest BCUT2D eigenvalue weighted by molar-refractivity contribution is 0.139. The molecule has 162 valence electrons. The molecule has 0 aliphatic heterocycles. The highest BCUT2D eigenvalue weighted by Gasteiger charge is 2.43. The maximum atomic E-state index is 10.5. The average molecular weight is 410 g/mol. The number of allylic oxidation sites excluding steroid dienone is 2. The molecule has 2 rings (SSSR count). The van der Waals surface area contributed by atoms with Crippen molar-refractivity contribution in [1.82, 2.24) is 4.90 Å². The maximum Gasteiger partial charge on any atom is 0.0723 e. The van der Waals surface area contributed by atoms with E-state index >= 15 is 0 Å². The third-order valence-electron chi connectivity index (χ3n) is 6.45. The minimum atomic E-state index is -0.375. The van der Waals surface area contributed by atoms with Crippen LogP contribution in [0.5, 0.6) is 0 Å². The zero-order chi connectivity index (χ0) is 20.5. The molecule has 1 fully saturated rings. The molecule has 0 saturated heterocycles. The van der Waals surface area contributed by atoms with Crippen LogP contribution in [-0.4, -0.2) is 59.5 Å². The molecule has 0 aromatic rings. The van der Waals surface area contributed by atoms with E-state index in [1.165, 1.54) is 37.2 Å². The number of aliphatic hydroxyl groups excluding tert-OH is 2. The Morgan fingerprint density at radius 2 is 2.11 bits per heavy atom. The minimum Gasteiger partial charge on any atom is -0.392 e. The van der Waals surface area contributed by atoms with Crippen molar-refractivity contribution in [2.45, 2.75) is 71.0 Å². The van der Waals surface area contributed by atoms with E-state index in [1.807, 2.05) is 17.8 Å². The van der Waals surface area contributed by atoms with Crippen LogP contribution in [0.4, 0.5) is 0 Å². The van der Waals surface area contributed by atoms with Gasteiger partial charge in [-0.05, 0) is 63.3 Å². The van der Waals surface area contributed by atoms with Gasteiger partial charge in [-0.25, -0.2) is 0 Å². The molecule has 0 radical (unpaired) electrons. The van der Waals surface area contributed by atoms with E-state index < -0.39 is 0 Å². The fraction of sp³-hybridized carbons (Fsp3) is 0.833. The predicted octanol–water partition coefficient (Wildman–Crippen LogP) is 4.75. The summed E-state index contributed by atoms with van der Waals surface area (Å²) in [6.45, 7) is 5.59. The van der Waals surface area contributed by atoms with E-state index in [2.05, 4.69) is 45.0 Å². The van der Waals surface area contributed by atoms with Crippen LogP contribution in [0.3, 0.4) is 0 Å². The van der Waals surface area contributed by atoms with E-state index in [-0.39, 0.29) is 18.1 Å². The molecule has 0 unspecified atom stereocenters. The molecule has 0 amide bonds. The lowest BCUT2D eigenvalue weighted by Crippen LogP contribution is -2.18. The molecule has 0 bridgehead atoms. The van der Waals surface area contributed by atoms with Gasteiger partial charge in [-0.3, -0.25) is 0 Å². The van der Waals surface area contributed by atoms with Gasteiger partial charge >= 0.3 is 0 Å². The number of thioether (sulfide) groups is 1. The fourth-order valence-corrected chi connectivity index (χ4v) is 5.87. The van der Waals surface area contributed by atoms with Crippen molar-refractivity contribution in [1.29, 1.82) is 0 Å². The smallest absolute Gasteiger partial charge is 0.0723 e. The van der Waals surface area contributed by atoms with Crippen LogP contribution >= 0.6 is 11.8 Å². The SMILES string of the molecule is CCCC[C@H](C)C[C@H](O)C=C[C@@H]1[C@H]2CC(CCSCCN(C)C)=C[C@H]2C[C@H]1O. The van der Waals surface area contributed by atoms with Crippen LogP contribution < -0.4 is 0 Å². The summed E-state index contributed by atoms with van der Waals surface area (Å²) in [6, 6.07) is 0. The summed E-state index contributed by atoms with van der Waals surface area (Å²) in [5, 5.41) is 20.9. The summed E-state index contributed by atoms with van der Waals surface area (Å²) < 4.78 is 0. The highest BCUT2D eigenvalue weighted by Crippen LogP contribution is 2.48. The van der Waals surface area contributed by atoms with Crippen LogP contribution in [0.25, 0.3) is 0 Å². The molecule has 0 aromatic heterocycles. The zero-order valence-corrected chi connectivity index (χ0v) is 19.3.